The average Bonchev–Trinajstić information content (AvgIpc) is 3.19. The third-order valence-electron chi connectivity index (χ3n) is 4.26. The van der Waals surface area contributed by atoms with Crippen molar-refractivity contribution in [1.82, 2.24) is 0 Å². The normalized spacial score (nSPS) is 20.0. The molecule has 0 saturated heterocycles. The summed E-state index contributed by atoms with van der Waals surface area (Å²) in [5.74, 6) is 0. The fourth-order valence-corrected chi connectivity index (χ4v) is 4.43. The molecule has 3 nitrogen and oxygen atoms in total. The van der Waals surface area contributed by atoms with Gasteiger partial charge in [0.25, 0.3) is 0 Å². The summed E-state index contributed by atoms with van der Waals surface area (Å²) in [5.41, 5.74) is 0.648. The maximum Gasteiger partial charge on any atom is 0.330 e. The van der Waals surface area contributed by atoms with Gasteiger partial charge in [0.05, 0.1) is 14.9 Å². The van der Waals surface area contributed by atoms with E-state index in [9.17, 15) is 10.3 Å². The lowest BCUT2D eigenvalue weighted by atomic mass is 9.90. The molecule has 1 aromatic heterocycles. The van der Waals surface area contributed by atoms with E-state index >= 15 is 0 Å². The molecule has 0 radical (unpaired) electrons. The number of hydrogen-bond donors (Lipinski definition) is 1. The van der Waals surface area contributed by atoms with Crippen molar-refractivity contribution in [1.29, 1.82) is 0 Å². The second kappa shape index (κ2) is 6.26. The summed E-state index contributed by atoms with van der Waals surface area (Å²) in [5, 5.41) is 24.7. The standard InChI is InChI=1S/C20H14BrNO2S/c21-19-12-11-18(25-19)17-13-16(14-7-3-1-4-8-14)20(23,22(17)24)15-9-5-2-6-10-15/h1-13,23H. The van der Waals surface area contributed by atoms with Gasteiger partial charge < -0.3 is 10.3 Å². The van der Waals surface area contributed by atoms with E-state index in [2.05, 4.69) is 15.9 Å². The number of aliphatic hydroxyl groups is 1. The van der Waals surface area contributed by atoms with Crippen LogP contribution in [0.15, 0.2) is 82.7 Å². The monoisotopic (exact) mass is 411 g/mol. The van der Waals surface area contributed by atoms with Gasteiger partial charge in [0.2, 0.25) is 5.71 Å². The van der Waals surface area contributed by atoms with Gasteiger partial charge in [0.15, 0.2) is 0 Å². The smallest absolute Gasteiger partial charge is 0.330 e. The lowest BCUT2D eigenvalue weighted by Gasteiger charge is -2.26. The quantitative estimate of drug-likeness (QED) is 0.499. The fourth-order valence-electron chi connectivity index (χ4n) is 3.05. The highest BCUT2D eigenvalue weighted by atomic mass is 79.9. The van der Waals surface area contributed by atoms with Crippen molar-refractivity contribution in [3.05, 3.63) is 104 Å². The van der Waals surface area contributed by atoms with E-state index in [1.165, 1.54) is 11.3 Å². The molecule has 1 aliphatic rings. The maximum atomic E-state index is 13.2. The summed E-state index contributed by atoms with van der Waals surface area (Å²) in [6.07, 6.45) is 1.79. The molecule has 2 aromatic carbocycles. The van der Waals surface area contributed by atoms with Gasteiger partial charge in [-0.25, -0.2) is 0 Å². The number of rotatable bonds is 3. The van der Waals surface area contributed by atoms with E-state index in [0.717, 1.165) is 14.2 Å². The van der Waals surface area contributed by atoms with E-state index in [0.29, 0.717) is 21.6 Å². The Morgan fingerprint density at radius 2 is 1.56 bits per heavy atom. The third-order valence-corrected chi connectivity index (χ3v) is 5.90. The Hall–Kier alpha value is -2.21. The minimum Gasteiger partial charge on any atom is -0.621 e. The average molecular weight is 412 g/mol. The van der Waals surface area contributed by atoms with Crippen LogP contribution in [-0.2, 0) is 5.72 Å². The zero-order chi connectivity index (χ0) is 17.4. The second-order valence-electron chi connectivity index (χ2n) is 5.75. The van der Waals surface area contributed by atoms with Crippen molar-refractivity contribution in [2.75, 3.05) is 0 Å². The predicted molar refractivity (Wildman–Crippen MR) is 105 cm³/mol. The molecule has 25 heavy (non-hydrogen) atoms. The Morgan fingerprint density at radius 1 is 0.920 bits per heavy atom. The topological polar surface area (TPSA) is 46.3 Å². The zero-order valence-corrected chi connectivity index (χ0v) is 15.5. The highest BCUT2D eigenvalue weighted by Crippen LogP contribution is 2.42. The summed E-state index contributed by atoms with van der Waals surface area (Å²) in [7, 11) is 0. The van der Waals surface area contributed by atoms with Crippen LogP contribution in [0.25, 0.3) is 5.57 Å². The molecule has 4 rings (SSSR count). The lowest BCUT2D eigenvalue weighted by Crippen LogP contribution is -2.36. The van der Waals surface area contributed by atoms with Gasteiger partial charge in [-0.1, -0.05) is 48.5 Å². The summed E-state index contributed by atoms with van der Waals surface area (Å²) in [6.45, 7) is 0. The van der Waals surface area contributed by atoms with Crippen LogP contribution in [-0.4, -0.2) is 15.6 Å². The number of allylic oxidation sites excluding steroid dienone is 1. The van der Waals surface area contributed by atoms with Crippen LogP contribution in [0.5, 0.6) is 0 Å². The van der Waals surface area contributed by atoms with Crippen molar-refractivity contribution in [3.63, 3.8) is 0 Å². The van der Waals surface area contributed by atoms with E-state index in [1.54, 1.807) is 18.2 Å². The number of benzene rings is 2. The highest BCUT2D eigenvalue weighted by molar-refractivity contribution is 9.11. The zero-order valence-electron chi connectivity index (χ0n) is 13.1. The predicted octanol–water partition coefficient (Wildman–Crippen LogP) is 4.75. The molecule has 5 heteroatoms. The first-order valence-electron chi connectivity index (χ1n) is 7.76. The van der Waals surface area contributed by atoms with Gasteiger partial charge in [0.1, 0.15) is 4.88 Å². The molecular weight excluding hydrogens is 398 g/mol. The van der Waals surface area contributed by atoms with Crippen molar-refractivity contribution < 1.29 is 9.85 Å². The molecule has 3 aromatic rings. The first-order valence-corrected chi connectivity index (χ1v) is 9.37. The van der Waals surface area contributed by atoms with Crippen molar-refractivity contribution in [2.24, 2.45) is 0 Å². The first-order chi connectivity index (χ1) is 12.1. The molecule has 0 spiro atoms. The maximum absolute atomic E-state index is 13.2. The van der Waals surface area contributed by atoms with Crippen molar-refractivity contribution in [2.45, 2.75) is 5.72 Å². The number of hydroxylamine groups is 1. The largest absolute Gasteiger partial charge is 0.621 e. The molecule has 1 N–H and O–H groups in total. The van der Waals surface area contributed by atoms with Gasteiger partial charge in [-0.2, -0.15) is 4.74 Å². The van der Waals surface area contributed by atoms with Gasteiger partial charge in [0, 0.05) is 6.08 Å². The first kappa shape index (κ1) is 16.3. The molecule has 0 amide bonds. The molecule has 124 valence electrons. The van der Waals surface area contributed by atoms with Crippen LogP contribution in [0.4, 0.5) is 0 Å². The van der Waals surface area contributed by atoms with Gasteiger partial charge in [-0.3, -0.25) is 0 Å². The highest BCUT2D eigenvalue weighted by Gasteiger charge is 2.49. The minimum atomic E-state index is -1.76. The molecule has 1 unspecified atom stereocenters. The Morgan fingerprint density at radius 3 is 2.16 bits per heavy atom. The van der Waals surface area contributed by atoms with Crippen LogP contribution < -0.4 is 0 Å². The summed E-state index contributed by atoms with van der Waals surface area (Å²) < 4.78 is 1.65. The van der Waals surface area contributed by atoms with E-state index < -0.39 is 5.72 Å². The SMILES string of the molecule is [O-][N+]1=C(c2ccc(Br)s2)C=C(c2ccccc2)C1(O)c1ccccc1. The Kier molecular flexibility index (Phi) is 4.07. The van der Waals surface area contributed by atoms with Gasteiger partial charge in [-0.05, 0) is 45.8 Å². The van der Waals surface area contributed by atoms with E-state index in [1.807, 2.05) is 60.7 Å². The van der Waals surface area contributed by atoms with Crippen LogP contribution in [0, 0.1) is 5.21 Å². The number of thiophene rings is 1. The van der Waals surface area contributed by atoms with Crippen molar-refractivity contribution >= 4 is 38.6 Å². The van der Waals surface area contributed by atoms with Gasteiger partial charge >= 0.3 is 5.72 Å². The Balaban J connectivity index is 1.95. The molecular formula is C20H14BrNO2S. The van der Waals surface area contributed by atoms with E-state index in [4.69, 9.17) is 0 Å². The van der Waals surface area contributed by atoms with Crippen LogP contribution in [0.1, 0.15) is 16.0 Å². The lowest BCUT2D eigenvalue weighted by molar-refractivity contribution is -0.591. The molecule has 1 aliphatic heterocycles. The molecule has 0 saturated carbocycles. The Labute approximate surface area is 157 Å². The molecule has 0 bridgehead atoms. The molecule has 0 aliphatic carbocycles. The number of halogens is 1. The van der Waals surface area contributed by atoms with Crippen LogP contribution in [0.2, 0.25) is 0 Å². The summed E-state index contributed by atoms with van der Waals surface area (Å²) >= 11 is 4.90. The summed E-state index contributed by atoms with van der Waals surface area (Å²) in [4.78, 5) is 0.808. The molecule has 2 heterocycles. The number of hydrogen-bond acceptors (Lipinski definition) is 3. The number of nitrogens with zero attached hydrogens (tertiary/aromatic N) is 1. The van der Waals surface area contributed by atoms with Gasteiger partial charge in [-0.15, -0.1) is 11.3 Å². The second-order valence-corrected chi connectivity index (χ2v) is 8.21. The summed E-state index contributed by atoms with van der Waals surface area (Å²) in [6, 6.07) is 22.4. The minimum absolute atomic E-state index is 0.459. The van der Waals surface area contributed by atoms with Crippen LogP contribution >= 0.6 is 27.3 Å². The molecule has 1 atom stereocenters. The Bertz CT molecular complexity index is 979. The van der Waals surface area contributed by atoms with Crippen LogP contribution in [0.3, 0.4) is 0 Å². The van der Waals surface area contributed by atoms with E-state index in [-0.39, 0.29) is 0 Å². The third kappa shape index (κ3) is 2.65. The van der Waals surface area contributed by atoms with Crippen molar-refractivity contribution in [3.8, 4) is 0 Å². The fraction of sp³-hybridized carbons (Fsp3) is 0.0500. The molecule has 0 fully saturated rings.